The highest BCUT2D eigenvalue weighted by Crippen LogP contribution is 2.30. The Kier molecular flexibility index (Phi) is 2.84. The van der Waals surface area contributed by atoms with Crippen LogP contribution in [0.2, 0.25) is 0 Å². The van der Waals surface area contributed by atoms with Gasteiger partial charge >= 0.3 is 6.36 Å². The third-order valence-corrected chi connectivity index (χ3v) is 1.68. The van der Waals surface area contributed by atoms with E-state index in [2.05, 4.69) is 11.3 Å². The van der Waals surface area contributed by atoms with Crippen LogP contribution < -0.4 is 4.74 Å². The lowest BCUT2D eigenvalue weighted by Gasteiger charge is -2.13. The van der Waals surface area contributed by atoms with Crippen molar-refractivity contribution >= 4 is 6.08 Å². The topological polar surface area (TPSA) is 9.23 Å². The van der Waals surface area contributed by atoms with Gasteiger partial charge < -0.3 is 4.74 Å². The van der Waals surface area contributed by atoms with Crippen molar-refractivity contribution in [2.45, 2.75) is 13.3 Å². The molecule has 1 aromatic rings. The van der Waals surface area contributed by atoms with Crippen molar-refractivity contribution in [3.05, 3.63) is 35.9 Å². The molecule has 0 saturated carbocycles. The fourth-order valence-corrected chi connectivity index (χ4v) is 1.09. The molecule has 4 heteroatoms. The first kappa shape index (κ1) is 10.6. The highest BCUT2D eigenvalue weighted by Gasteiger charge is 2.32. The number of para-hydroxylation sites is 1. The summed E-state index contributed by atoms with van der Waals surface area (Å²) in [5, 5.41) is 0. The summed E-state index contributed by atoms with van der Waals surface area (Å²) in [6.07, 6.45) is -3.34. The van der Waals surface area contributed by atoms with Crippen molar-refractivity contribution < 1.29 is 17.9 Å². The molecule has 0 aliphatic heterocycles. The Labute approximate surface area is 79.8 Å². The van der Waals surface area contributed by atoms with Gasteiger partial charge in [0.05, 0.1) is 0 Å². The van der Waals surface area contributed by atoms with Crippen LogP contribution in [0.4, 0.5) is 13.2 Å². The van der Waals surface area contributed by atoms with E-state index in [-0.39, 0.29) is 5.75 Å². The minimum Gasteiger partial charge on any atom is -0.405 e. The van der Waals surface area contributed by atoms with Gasteiger partial charge in [-0.1, -0.05) is 30.9 Å². The predicted molar refractivity (Wildman–Crippen MR) is 48.0 cm³/mol. The quantitative estimate of drug-likeness (QED) is 0.712. The number of benzene rings is 1. The average Bonchev–Trinajstić information content (AvgIpc) is 2.06. The van der Waals surface area contributed by atoms with Crippen LogP contribution in [0.1, 0.15) is 11.1 Å². The summed E-state index contributed by atoms with van der Waals surface area (Å²) in [4.78, 5) is 0. The van der Waals surface area contributed by atoms with Crippen LogP contribution in [0.25, 0.3) is 6.08 Å². The lowest BCUT2D eigenvalue weighted by atomic mass is 10.1. The fourth-order valence-electron chi connectivity index (χ4n) is 1.09. The molecule has 0 saturated heterocycles. The largest absolute Gasteiger partial charge is 0.573 e. The molecule has 0 fully saturated rings. The van der Waals surface area contributed by atoms with Gasteiger partial charge in [0, 0.05) is 5.56 Å². The highest BCUT2D eigenvalue weighted by atomic mass is 19.4. The molecule has 0 spiro atoms. The number of hydrogen-bond donors (Lipinski definition) is 0. The summed E-state index contributed by atoms with van der Waals surface area (Å²) in [5.74, 6) is -0.185. The van der Waals surface area contributed by atoms with Gasteiger partial charge in [-0.2, -0.15) is 0 Å². The lowest BCUT2D eigenvalue weighted by molar-refractivity contribution is -0.274. The molecule has 0 radical (unpaired) electrons. The molecular weight excluding hydrogens is 193 g/mol. The smallest absolute Gasteiger partial charge is 0.405 e. The molecule has 0 unspecified atom stereocenters. The molecular formula is C10H9F3O. The van der Waals surface area contributed by atoms with Gasteiger partial charge in [-0.25, -0.2) is 0 Å². The first-order valence-corrected chi connectivity index (χ1v) is 3.92. The van der Waals surface area contributed by atoms with E-state index in [4.69, 9.17) is 0 Å². The monoisotopic (exact) mass is 202 g/mol. The number of halogens is 3. The highest BCUT2D eigenvalue weighted by molar-refractivity contribution is 5.58. The van der Waals surface area contributed by atoms with Crippen molar-refractivity contribution in [3.63, 3.8) is 0 Å². The van der Waals surface area contributed by atoms with Crippen LogP contribution in [0.15, 0.2) is 24.8 Å². The van der Waals surface area contributed by atoms with E-state index in [1.54, 1.807) is 19.1 Å². The van der Waals surface area contributed by atoms with Gasteiger partial charge in [-0.05, 0) is 12.5 Å². The van der Waals surface area contributed by atoms with Crippen molar-refractivity contribution in [1.29, 1.82) is 0 Å². The zero-order valence-electron chi connectivity index (χ0n) is 7.56. The van der Waals surface area contributed by atoms with Gasteiger partial charge in [-0.3, -0.25) is 0 Å². The first-order valence-electron chi connectivity index (χ1n) is 3.92. The molecule has 1 aromatic carbocycles. The third-order valence-electron chi connectivity index (χ3n) is 1.68. The standard InChI is InChI=1S/C10H9F3O/c1-3-8-6-4-5-7(2)9(8)14-10(11,12)13/h3-6H,1H2,2H3. The van der Waals surface area contributed by atoms with E-state index in [1.165, 1.54) is 12.1 Å². The van der Waals surface area contributed by atoms with Crippen LogP contribution in [-0.4, -0.2) is 6.36 Å². The molecule has 0 aromatic heterocycles. The van der Waals surface area contributed by atoms with Crippen LogP contribution in [-0.2, 0) is 0 Å². The van der Waals surface area contributed by atoms with Crippen molar-refractivity contribution in [1.82, 2.24) is 0 Å². The van der Waals surface area contributed by atoms with Crippen molar-refractivity contribution in [2.24, 2.45) is 0 Å². The molecule has 0 bridgehead atoms. The van der Waals surface area contributed by atoms with E-state index < -0.39 is 6.36 Å². The number of ether oxygens (including phenoxy) is 1. The second-order valence-corrected chi connectivity index (χ2v) is 2.75. The third kappa shape index (κ3) is 2.52. The number of rotatable bonds is 2. The van der Waals surface area contributed by atoms with Crippen LogP contribution in [0, 0.1) is 6.92 Å². The second kappa shape index (κ2) is 3.74. The molecule has 76 valence electrons. The van der Waals surface area contributed by atoms with Crippen LogP contribution >= 0.6 is 0 Å². The van der Waals surface area contributed by atoms with E-state index in [0.29, 0.717) is 11.1 Å². The summed E-state index contributed by atoms with van der Waals surface area (Å²) < 4.78 is 39.8. The molecule has 0 aliphatic carbocycles. The molecule has 0 aliphatic rings. The average molecular weight is 202 g/mol. The van der Waals surface area contributed by atoms with Gasteiger partial charge in [0.15, 0.2) is 0 Å². The lowest BCUT2D eigenvalue weighted by Crippen LogP contribution is -2.18. The summed E-state index contributed by atoms with van der Waals surface area (Å²) in [7, 11) is 0. The van der Waals surface area contributed by atoms with Crippen LogP contribution in [0.5, 0.6) is 5.75 Å². The van der Waals surface area contributed by atoms with E-state index in [9.17, 15) is 13.2 Å². The summed E-state index contributed by atoms with van der Waals surface area (Å²) >= 11 is 0. The molecule has 14 heavy (non-hydrogen) atoms. The maximum atomic E-state index is 12.0. The summed E-state index contributed by atoms with van der Waals surface area (Å²) in [6, 6.07) is 4.71. The number of alkyl halides is 3. The molecule has 0 amide bonds. The van der Waals surface area contributed by atoms with Gasteiger partial charge in [0.1, 0.15) is 5.75 Å². The Morgan fingerprint density at radius 2 is 2.00 bits per heavy atom. The minimum absolute atomic E-state index is 0.185. The van der Waals surface area contributed by atoms with E-state index in [1.807, 2.05) is 0 Å². The Morgan fingerprint density at radius 3 is 2.50 bits per heavy atom. The zero-order chi connectivity index (χ0) is 10.8. The van der Waals surface area contributed by atoms with Crippen LogP contribution in [0.3, 0.4) is 0 Å². The fraction of sp³-hybridized carbons (Fsp3) is 0.200. The second-order valence-electron chi connectivity index (χ2n) is 2.75. The Balaban J connectivity index is 3.11. The molecule has 0 atom stereocenters. The van der Waals surface area contributed by atoms with E-state index in [0.717, 1.165) is 0 Å². The minimum atomic E-state index is -4.66. The summed E-state index contributed by atoms with van der Waals surface area (Å²) in [5.41, 5.74) is 0.766. The Morgan fingerprint density at radius 1 is 1.36 bits per heavy atom. The van der Waals surface area contributed by atoms with Gasteiger partial charge in [0.25, 0.3) is 0 Å². The van der Waals surface area contributed by atoms with Gasteiger partial charge in [-0.15, -0.1) is 13.2 Å². The first-order chi connectivity index (χ1) is 6.44. The molecule has 1 rings (SSSR count). The Hall–Kier alpha value is -1.45. The van der Waals surface area contributed by atoms with Crippen molar-refractivity contribution in [3.8, 4) is 5.75 Å². The molecule has 0 N–H and O–H groups in total. The zero-order valence-corrected chi connectivity index (χ0v) is 7.56. The number of hydrogen-bond acceptors (Lipinski definition) is 1. The Bertz CT molecular complexity index is 342. The predicted octanol–water partition coefficient (Wildman–Crippen LogP) is 3.54. The maximum absolute atomic E-state index is 12.0. The SMILES string of the molecule is C=Cc1cccc(C)c1OC(F)(F)F. The van der Waals surface area contributed by atoms with Gasteiger partial charge in [0.2, 0.25) is 0 Å². The maximum Gasteiger partial charge on any atom is 0.573 e. The van der Waals surface area contributed by atoms with E-state index >= 15 is 0 Å². The summed E-state index contributed by atoms with van der Waals surface area (Å²) in [6.45, 7) is 4.97. The van der Waals surface area contributed by atoms with Crippen molar-refractivity contribution in [2.75, 3.05) is 0 Å². The molecule has 0 heterocycles. The molecule has 1 nitrogen and oxygen atoms in total. The number of aryl methyl sites for hydroxylation is 1. The normalized spacial score (nSPS) is 11.1.